The Morgan fingerprint density at radius 1 is 0.926 bits per heavy atom. The molecular formula is C22H22N4O. The maximum atomic E-state index is 12.3. The lowest BCUT2D eigenvalue weighted by Crippen LogP contribution is -2.49. The minimum atomic E-state index is 0.304. The molecule has 27 heavy (non-hydrogen) atoms. The highest BCUT2D eigenvalue weighted by Gasteiger charge is 2.34. The van der Waals surface area contributed by atoms with Crippen LogP contribution in [0.4, 0.5) is 5.82 Å². The Labute approximate surface area is 158 Å². The van der Waals surface area contributed by atoms with Crippen molar-refractivity contribution in [3.63, 3.8) is 0 Å². The average Bonchev–Trinajstić information content (AvgIpc) is 3.59. The lowest BCUT2D eigenvalue weighted by molar-refractivity contribution is -0.132. The fourth-order valence-corrected chi connectivity index (χ4v) is 3.82. The topological polar surface area (TPSA) is 49.3 Å². The Morgan fingerprint density at radius 2 is 1.70 bits per heavy atom. The number of benzene rings is 1. The molecule has 2 fully saturated rings. The Balaban J connectivity index is 1.42. The number of carbonyl (C=O) groups is 1. The van der Waals surface area contributed by atoms with E-state index in [0.29, 0.717) is 11.8 Å². The van der Waals surface area contributed by atoms with Crippen molar-refractivity contribution in [2.75, 3.05) is 31.1 Å². The van der Waals surface area contributed by atoms with E-state index >= 15 is 0 Å². The molecule has 5 nitrogen and oxygen atoms in total. The van der Waals surface area contributed by atoms with E-state index in [0.717, 1.165) is 66.9 Å². The highest BCUT2D eigenvalue weighted by atomic mass is 16.2. The van der Waals surface area contributed by atoms with E-state index in [2.05, 4.69) is 40.2 Å². The van der Waals surface area contributed by atoms with Crippen LogP contribution in [0.3, 0.4) is 0 Å². The molecule has 3 heterocycles. The summed E-state index contributed by atoms with van der Waals surface area (Å²) in [5, 5.41) is 1.13. The third-order valence-electron chi connectivity index (χ3n) is 5.54. The van der Waals surface area contributed by atoms with Crippen molar-refractivity contribution in [3.05, 3.63) is 54.9 Å². The Bertz CT molecular complexity index is 976. The number of piperazine rings is 1. The quantitative estimate of drug-likeness (QED) is 0.720. The SMILES string of the molecule is O=C(C1CC1)N1CCN(c2ccc3cccc(-c4ccncc4)c3n2)CC1. The Kier molecular flexibility index (Phi) is 4.00. The number of anilines is 1. The number of hydrogen-bond acceptors (Lipinski definition) is 4. The molecule has 5 rings (SSSR count). The van der Waals surface area contributed by atoms with Crippen molar-refractivity contribution in [1.82, 2.24) is 14.9 Å². The monoisotopic (exact) mass is 358 g/mol. The van der Waals surface area contributed by atoms with Crippen molar-refractivity contribution in [1.29, 1.82) is 0 Å². The number of rotatable bonds is 3. The normalized spacial score (nSPS) is 17.3. The molecule has 0 N–H and O–H groups in total. The van der Waals surface area contributed by atoms with Crippen molar-refractivity contribution in [3.8, 4) is 11.1 Å². The van der Waals surface area contributed by atoms with Crippen LogP contribution in [0.15, 0.2) is 54.9 Å². The lowest BCUT2D eigenvalue weighted by atomic mass is 10.0. The zero-order valence-electron chi connectivity index (χ0n) is 15.2. The van der Waals surface area contributed by atoms with Crippen LogP contribution in [0, 0.1) is 5.92 Å². The molecule has 1 aliphatic heterocycles. The molecular weight excluding hydrogens is 336 g/mol. The van der Waals surface area contributed by atoms with Crippen molar-refractivity contribution in [2.45, 2.75) is 12.8 Å². The molecule has 1 saturated heterocycles. The van der Waals surface area contributed by atoms with Crippen LogP contribution in [-0.2, 0) is 4.79 Å². The number of amides is 1. The maximum Gasteiger partial charge on any atom is 0.225 e. The molecule has 0 bridgehead atoms. The highest BCUT2D eigenvalue weighted by Crippen LogP contribution is 2.32. The molecule has 0 unspecified atom stereocenters. The van der Waals surface area contributed by atoms with E-state index in [-0.39, 0.29) is 0 Å². The molecule has 1 aromatic carbocycles. The van der Waals surface area contributed by atoms with Crippen molar-refractivity contribution < 1.29 is 4.79 Å². The molecule has 1 saturated carbocycles. The maximum absolute atomic E-state index is 12.3. The van der Waals surface area contributed by atoms with Gasteiger partial charge in [0.2, 0.25) is 5.91 Å². The number of aromatic nitrogens is 2. The fraction of sp³-hybridized carbons (Fsp3) is 0.318. The van der Waals surface area contributed by atoms with Gasteiger partial charge < -0.3 is 9.80 Å². The molecule has 3 aromatic rings. The van der Waals surface area contributed by atoms with E-state index in [9.17, 15) is 4.79 Å². The predicted octanol–water partition coefficient (Wildman–Crippen LogP) is 3.36. The van der Waals surface area contributed by atoms with Gasteiger partial charge in [-0.05, 0) is 42.7 Å². The minimum Gasteiger partial charge on any atom is -0.353 e. The molecule has 0 spiro atoms. The summed E-state index contributed by atoms with van der Waals surface area (Å²) in [5.74, 6) is 1.64. The molecule has 5 heteroatoms. The number of carbonyl (C=O) groups excluding carboxylic acids is 1. The summed E-state index contributed by atoms with van der Waals surface area (Å²) in [6.45, 7) is 3.27. The first-order chi connectivity index (χ1) is 13.3. The second-order valence-electron chi connectivity index (χ2n) is 7.37. The number of nitrogens with zero attached hydrogens (tertiary/aromatic N) is 4. The highest BCUT2D eigenvalue weighted by molar-refractivity contribution is 5.94. The minimum absolute atomic E-state index is 0.304. The van der Waals surface area contributed by atoms with E-state index < -0.39 is 0 Å². The summed E-state index contributed by atoms with van der Waals surface area (Å²) in [6.07, 6.45) is 5.77. The summed E-state index contributed by atoms with van der Waals surface area (Å²) in [4.78, 5) is 25.7. The van der Waals surface area contributed by atoms with Gasteiger partial charge in [0.1, 0.15) is 5.82 Å². The van der Waals surface area contributed by atoms with Gasteiger partial charge in [0.15, 0.2) is 0 Å². The first kappa shape index (κ1) is 16.2. The predicted molar refractivity (Wildman–Crippen MR) is 106 cm³/mol. The van der Waals surface area contributed by atoms with E-state index in [1.807, 2.05) is 29.4 Å². The number of fused-ring (bicyclic) bond motifs is 1. The summed E-state index contributed by atoms with van der Waals surface area (Å²) in [5.41, 5.74) is 3.26. The van der Waals surface area contributed by atoms with Gasteiger partial charge in [-0.15, -0.1) is 0 Å². The second-order valence-corrected chi connectivity index (χ2v) is 7.37. The first-order valence-corrected chi connectivity index (χ1v) is 9.63. The number of para-hydroxylation sites is 1. The number of hydrogen-bond donors (Lipinski definition) is 0. The van der Waals surface area contributed by atoms with Crippen LogP contribution in [0.2, 0.25) is 0 Å². The second kappa shape index (κ2) is 6.65. The van der Waals surface area contributed by atoms with Crippen molar-refractivity contribution in [2.24, 2.45) is 5.92 Å². The van der Waals surface area contributed by atoms with Crippen LogP contribution in [-0.4, -0.2) is 47.0 Å². The average molecular weight is 358 g/mol. The molecule has 1 amide bonds. The van der Waals surface area contributed by atoms with Gasteiger partial charge in [-0.1, -0.05) is 18.2 Å². The van der Waals surface area contributed by atoms with Crippen LogP contribution in [0.25, 0.3) is 22.0 Å². The fourth-order valence-electron chi connectivity index (χ4n) is 3.82. The van der Waals surface area contributed by atoms with Crippen molar-refractivity contribution >= 4 is 22.6 Å². The smallest absolute Gasteiger partial charge is 0.225 e. The van der Waals surface area contributed by atoms with Gasteiger partial charge in [0.05, 0.1) is 5.52 Å². The van der Waals surface area contributed by atoms with E-state index in [4.69, 9.17) is 4.98 Å². The Hall–Kier alpha value is -2.95. The van der Waals surface area contributed by atoms with Crippen LogP contribution >= 0.6 is 0 Å². The molecule has 136 valence electrons. The summed E-state index contributed by atoms with van der Waals surface area (Å²) >= 11 is 0. The lowest BCUT2D eigenvalue weighted by Gasteiger charge is -2.35. The summed E-state index contributed by atoms with van der Waals surface area (Å²) in [7, 11) is 0. The van der Waals surface area contributed by atoms with Gasteiger partial charge in [-0.2, -0.15) is 0 Å². The standard InChI is InChI=1S/C22H22N4O/c27-22(18-4-5-18)26-14-12-25(13-15-26)20-7-6-17-2-1-3-19(21(17)24-20)16-8-10-23-11-9-16/h1-3,6-11,18H,4-5,12-15H2. The van der Waals surface area contributed by atoms with E-state index in [1.54, 1.807) is 0 Å². The zero-order chi connectivity index (χ0) is 18.2. The summed E-state index contributed by atoms with van der Waals surface area (Å²) in [6, 6.07) is 14.6. The first-order valence-electron chi connectivity index (χ1n) is 9.63. The van der Waals surface area contributed by atoms with Gasteiger partial charge in [-0.25, -0.2) is 4.98 Å². The van der Waals surface area contributed by atoms with Crippen LogP contribution in [0.1, 0.15) is 12.8 Å². The third-order valence-corrected chi connectivity index (χ3v) is 5.54. The van der Waals surface area contributed by atoms with E-state index in [1.165, 1.54) is 0 Å². The molecule has 1 aliphatic carbocycles. The van der Waals surface area contributed by atoms with Gasteiger partial charge in [0.25, 0.3) is 0 Å². The zero-order valence-corrected chi connectivity index (χ0v) is 15.2. The van der Waals surface area contributed by atoms with Gasteiger partial charge in [0, 0.05) is 55.4 Å². The summed E-state index contributed by atoms with van der Waals surface area (Å²) < 4.78 is 0. The third kappa shape index (κ3) is 3.14. The molecule has 0 radical (unpaired) electrons. The van der Waals surface area contributed by atoms with Crippen LogP contribution in [0.5, 0.6) is 0 Å². The number of pyridine rings is 2. The van der Waals surface area contributed by atoms with Gasteiger partial charge in [-0.3, -0.25) is 9.78 Å². The molecule has 2 aromatic heterocycles. The largest absolute Gasteiger partial charge is 0.353 e. The molecule has 2 aliphatic rings. The van der Waals surface area contributed by atoms with Gasteiger partial charge >= 0.3 is 0 Å². The Morgan fingerprint density at radius 3 is 2.44 bits per heavy atom. The molecule has 0 atom stereocenters. The van der Waals surface area contributed by atoms with Crippen LogP contribution < -0.4 is 4.90 Å².